The van der Waals surface area contributed by atoms with Crippen LogP contribution in [0, 0.1) is 0 Å². The maximum Gasteiger partial charge on any atom is 0.246 e. The number of nitrogens with one attached hydrogen (secondary N) is 2. The summed E-state index contributed by atoms with van der Waals surface area (Å²) in [5.74, 6) is 0.344. The Kier molecular flexibility index (Phi) is 6.12. The number of methoxy groups -OCH3 is 1. The van der Waals surface area contributed by atoms with E-state index in [1.165, 1.54) is 7.11 Å². The molecule has 3 heterocycles. The van der Waals surface area contributed by atoms with Crippen LogP contribution in [-0.2, 0) is 19.0 Å². The summed E-state index contributed by atoms with van der Waals surface area (Å²) in [6, 6.07) is 9.82. The maximum atomic E-state index is 11.8. The lowest BCUT2D eigenvalue weighted by Gasteiger charge is -2.18. The molecular formula is C21H27N5O4. The van der Waals surface area contributed by atoms with Crippen molar-refractivity contribution in [2.45, 2.75) is 24.3 Å². The molecule has 4 rings (SSSR count). The number of rotatable bonds is 7. The van der Waals surface area contributed by atoms with Crippen molar-refractivity contribution in [2.24, 2.45) is 0 Å². The molecule has 30 heavy (non-hydrogen) atoms. The second kappa shape index (κ2) is 8.95. The smallest absolute Gasteiger partial charge is 0.246 e. The highest BCUT2D eigenvalue weighted by atomic mass is 16.6. The number of ether oxygens (including phenoxy) is 3. The van der Waals surface area contributed by atoms with Gasteiger partial charge in [-0.05, 0) is 18.2 Å². The number of aromatic nitrogens is 2. The van der Waals surface area contributed by atoms with E-state index in [2.05, 4.69) is 37.6 Å². The van der Waals surface area contributed by atoms with Crippen molar-refractivity contribution in [1.82, 2.24) is 15.3 Å². The minimum Gasteiger partial charge on any atom is -0.378 e. The minimum atomic E-state index is -0.204. The molecule has 1 amide bonds. The van der Waals surface area contributed by atoms with Gasteiger partial charge >= 0.3 is 0 Å². The van der Waals surface area contributed by atoms with Crippen LogP contribution in [0.2, 0.25) is 0 Å². The van der Waals surface area contributed by atoms with Gasteiger partial charge in [0.15, 0.2) is 0 Å². The largest absolute Gasteiger partial charge is 0.378 e. The van der Waals surface area contributed by atoms with E-state index in [4.69, 9.17) is 14.2 Å². The topological polar surface area (TPSA) is 97.8 Å². The molecule has 2 saturated heterocycles. The van der Waals surface area contributed by atoms with E-state index >= 15 is 0 Å². The third-order valence-electron chi connectivity index (χ3n) is 5.32. The molecule has 2 aliphatic rings. The molecule has 0 aliphatic carbocycles. The van der Waals surface area contributed by atoms with Gasteiger partial charge in [0, 0.05) is 38.7 Å². The lowest BCUT2D eigenvalue weighted by molar-refractivity contribution is -0.126. The van der Waals surface area contributed by atoms with E-state index in [1.807, 2.05) is 32.3 Å². The third kappa shape index (κ3) is 4.38. The molecule has 2 aliphatic heterocycles. The predicted octanol–water partition coefficient (Wildman–Crippen LogP) is 0.919. The van der Waals surface area contributed by atoms with Gasteiger partial charge in [-0.3, -0.25) is 4.79 Å². The van der Waals surface area contributed by atoms with E-state index in [-0.39, 0.29) is 36.8 Å². The van der Waals surface area contributed by atoms with Crippen molar-refractivity contribution in [3.8, 4) is 11.3 Å². The predicted molar refractivity (Wildman–Crippen MR) is 112 cm³/mol. The van der Waals surface area contributed by atoms with Gasteiger partial charge in [-0.15, -0.1) is 0 Å². The molecule has 2 N–H and O–H groups in total. The highest BCUT2D eigenvalue weighted by Crippen LogP contribution is 2.29. The van der Waals surface area contributed by atoms with E-state index in [9.17, 15) is 4.79 Å². The molecule has 2 fully saturated rings. The van der Waals surface area contributed by atoms with Gasteiger partial charge in [0.25, 0.3) is 0 Å². The molecule has 1 aromatic heterocycles. The number of amides is 1. The van der Waals surface area contributed by atoms with Crippen LogP contribution < -0.4 is 15.5 Å². The van der Waals surface area contributed by atoms with Crippen LogP contribution in [-0.4, -0.2) is 81.2 Å². The van der Waals surface area contributed by atoms with E-state index in [0.717, 1.165) is 16.9 Å². The molecule has 0 spiro atoms. The fourth-order valence-corrected chi connectivity index (χ4v) is 3.81. The first-order valence-corrected chi connectivity index (χ1v) is 9.94. The molecule has 0 radical (unpaired) electrons. The van der Waals surface area contributed by atoms with Crippen molar-refractivity contribution in [3.63, 3.8) is 0 Å². The Bertz CT molecular complexity index is 876. The molecule has 0 bridgehead atoms. The van der Waals surface area contributed by atoms with Crippen LogP contribution in [0.15, 0.2) is 36.5 Å². The Hall–Kier alpha value is -2.75. The standard InChI is InChI=1S/C21H27N5O4/c1-26(2)14-6-4-13(5-7-14)15-8-9-22-21(24-15)25-17-11-30-19-16(10-29-20(17)19)23-18(27)12-28-3/h4-9,16-17,19-20H,10-12H2,1-3H3,(H,23,27)(H,22,24,25)/t16-,17-,19+,20+/m0/s1. The number of nitrogens with zero attached hydrogens (tertiary/aromatic N) is 3. The van der Waals surface area contributed by atoms with Gasteiger partial charge < -0.3 is 29.7 Å². The second-order valence-electron chi connectivity index (χ2n) is 7.66. The molecule has 4 atom stereocenters. The van der Waals surface area contributed by atoms with Crippen molar-refractivity contribution < 1.29 is 19.0 Å². The van der Waals surface area contributed by atoms with Crippen molar-refractivity contribution in [3.05, 3.63) is 36.5 Å². The van der Waals surface area contributed by atoms with Gasteiger partial charge in [-0.2, -0.15) is 0 Å². The van der Waals surface area contributed by atoms with Gasteiger partial charge in [0.1, 0.15) is 18.8 Å². The SMILES string of the molecule is COCC(=O)N[C@H]1CO[C@H]2[C@@H]1OC[C@@H]2Nc1nccc(-c2ccc(N(C)C)cc2)n1. The fraction of sp³-hybridized carbons (Fsp3) is 0.476. The summed E-state index contributed by atoms with van der Waals surface area (Å²) in [4.78, 5) is 22.9. The number of carbonyl (C=O) groups excluding carboxylic acids is 1. The van der Waals surface area contributed by atoms with Crippen LogP contribution in [0.1, 0.15) is 0 Å². The Morgan fingerprint density at radius 3 is 2.53 bits per heavy atom. The third-order valence-corrected chi connectivity index (χ3v) is 5.32. The Morgan fingerprint density at radius 2 is 1.83 bits per heavy atom. The summed E-state index contributed by atoms with van der Waals surface area (Å²) in [5, 5.41) is 6.24. The summed E-state index contributed by atoms with van der Waals surface area (Å²) in [7, 11) is 5.51. The van der Waals surface area contributed by atoms with Gasteiger partial charge in [0.05, 0.1) is 31.0 Å². The van der Waals surface area contributed by atoms with E-state index in [1.54, 1.807) is 6.20 Å². The van der Waals surface area contributed by atoms with Gasteiger partial charge in [0.2, 0.25) is 11.9 Å². The van der Waals surface area contributed by atoms with Crippen molar-refractivity contribution in [1.29, 1.82) is 0 Å². The molecule has 160 valence electrons. The number of hydrogen-bond acceptors (Lipinski definition) is 8. The summed E-state index contributed by atoms with van der Waals surface area (Å²) in [5.41, 5.74) is 2.99. The van der Waals surface area contributed by atoms with Crippen molar-refractivity contribution >= 4 is 17.5 Å². The second-order valence-corrected chi connectivity index (χ2v) is 7.66. The zero-order valence-electron chi connectivity index (χ0n) is 17.4. The monoisotopic (exact) mass is 413 g/mol. The van der Waals surface area contributed by atoms with Crippen LogP contribution >= 0.6 is 0 Å². The van der Waals surface area contributed by atoms with Gasteiger partial charge in [-0.25, -0.2) is 9.97 Å². The summed E-state index contributed by atoms with van der Waals surface area (Å²) in [6.07, 6.45) is 1.36. The fourth-order valence-electron chi connectivity index (χ4n) is 3.81. The summed E-state index contributed by atoms with van der Waals surface area (Å²) >= 11 is 0. The molecule has 0 saturated carbocycles. The van der Waals surface area contributed by atoms with Gasteiger partial charge in [-0.1, -0.05) is 12.1 Å². The van der Waals surface area contributed by atoms with Crippen molar-refractivity contribution in [2.75, 3.05) is 51.2 Å². The average molecular weight is 413 g/mol. The van der Waals surface area contributed by atoms with E-state index in [0.29, 0.717) is 19.2 Å². The number of benzene rings is 1. The number of fused-ring (bicyclic) bond motifs is 1. The highest BCUT2D eigenvalue weighted by Gasteiger charge is 2.48. The average Bonchev–Trinajstić information content (AvgIpc) is 3.32. The quantitative estimate of drug-likeness (QED) is 0.692. The van der Waals surface area contributed by atoms with Crippen LogP contribution in [0.5, 0.6) is 0 Å². The molecule has 2 aromatic rings. The molecule has 9 heteroatoms. The molecular weight excluding hydrogens is 386 g/mol. The van der Waals surface area contributed by atoms with Crippen LogP contribution in [0.3, 0.4) is 0 Å². The number of carbonyl (C=O) groups is 1. The highest BCUT2D eigenvalue weighted by molar-refractivity contribution is 5.77. The molecule has 0 unspecified atom stereocenters. The lowest BCUT2D eigenvalue weighted by Crippen LogP contribution is -2.45. The normalized spacial score (nSPS) is 25.0. The summed E-state index contributed by atoms with van der Waals surface area (Å²) < 4.78 is 16.7. The first-order chi connectivity index (χ1) is 14.5. The number of anilines is 2. The lowest BCUT2D eigenvalue weighted by atomic mass is 10.1. The Balaban J connectivity index is 1.41. The van der Waals surface area contributed by atoms with Crippen LogP contribution in [0.4, 0.5) is 11.6 Å². The van der Waals surface area contributed by atoms with Crippen LogP contribution in [0.25, 0.3) is 11.3 Å². The molecule has 9 nitrogen and oxygen atoms in total. The zero-order chi connectivity index (χ0) is 21.1. The first-order valence-electron chi connectivity index (χ1n) is 9.94. The first kappa shape index (κ1) is 20.5. The Morgan fingerprint density at radius 1 is 1.13 bits per heavy atom. The zero-order valence-corrected chi connectivity index (χ0v) is 17.4. The minimum absolute atomic E-state index is 0.0196. The summed E-state index contributed by atoms with van der Waals surface area (Å²) in [6.45, 7) is 0.880. The Labute approximate surface area is 175 Å². The number of hydrogen-bond donors (Lipinski definition) is 2. The van der Waals surface area contributed by atoms with E-state index < -0.39 is 0 Å². The maximum absolute atomic E-state index is 11.8. The molecule has 1 aromatic carbocycles.